The van der Waals surface area contributed by atoms with Crippen LogP contribution in [-0.4, -0.2) is 40.9 Å². The molecule has 1 N–H and O–H groups in total. The van der Waals surface area contributed by atoms with E-state index in [1.54, 1.807) is 6.20 Å². The van der Waals surface area contributed by atoms with Gasteiger partial charge in [0.2, 0.25) is 0 Å². The Bertz CT molecular complexity index is 739. The molecular weight excluding hydrogens is 336 g/mol. The Balaban J connectivity index is 1.57. The van der Waals surface area contributed by atoms with Gasteiger partial charge in [-0.05, 0) is 37.4 Å². The highest BCUT2D eigenvalue weighted by Gasteiger charge is 2.15. The van der Waals surface area contributed by atoms with Crippen molar-refractivity contribution in [2.24, 2.45) is 5.92 Å². The average Bonchev–Trinajstić information content (AvgIpc) is 2.63. The molecule has 3 rings (SSSR count). The van der Waals surface area contributed by atoms with Crippen molar-refractivity contribution in [3.63, 3.8) is 0 Å². The van der Waals surface area contributed by atoms with Gasteiger partial charge < -0.3 is 10.2 Å². The fourth-order valence-corrected chi connectivity index (χ4v) is 3.30. The van der Waals surface area contributed by atoms with Gasteiger partial charge in [0, 0.05) is 13.1 Å². The Hall–Kier alpha value is -1.85. The zero-order valence-electron chi connectivity index (χ0n) is 14.6. The lowest BCUT2D eigenvalue weighted by Gasteiger charge is -2.30. The average molecular weight is 361 g/mol. The number of benzene rings is 1. The molecule has 0 spiro atoms. The van der Waals surface area contributed by atoms with Crippen molar-refractivity contribution < 1.29 is 0 Å². The Labute approximate surface area is 153 Å². The standard InChI is InChI=1S/C19H25ClN4O/c1-15-7-10-23(11-8-15)12-9-21-17-13-22-24(19(25)18(17)20)14-16-5-3-2-4-6-16/h2-6,13,15,21H,7-12,14H2,1H3. The molecule has 0 aliphatic carbocycles. The van der Waals surface area contributed by atoms with Crippen LogP contribution >= 0.6 is 11.6 Å². The van der Waals surface area contributed by atoms with Gasteiger partial charge in [0.05, 0.1) is 18.4 Å². The first-order chi connectivity index (χ1) is 12.1. The smallest absolute Gasteiger partial charge is 0.287 e. The number of likely N-dealkylation sites (tertiary alicyclic amines) is 1. The molecule has 6 heteroatoms. The van der Waals surface area contributed by atoms with Gasteiger partial charge in [-0.2, -0.15) is 5.10 Å². The SMILES string of the molecule is CC1CCN(CCNc2cnn(Cc3ccccc3)c(=O)c2Cl)CC1. The molecule has 5 nitrogen and oxygen atoms in total. The summed E-state index contributed by atoms with van der Waals surface area (Å²) in [5, 5.41) is 7.71. The van der Waals surface area contributed by atoms with Crippen LogP contribution in [0.15, 0.2) is 41.3 Å². The van der Waals surface area contributed by atoms with Crippen LogP contribution in [0.5, 0.6) is 0 Å². The van der Waals surface area contributed by atoms with Crippen LogP contribution in [0.4, 0.5) is 5.69 Å². The first-order valence-electron chi connectivity index (χ1n) is 8.89. The van der Waals surface area contributed by atoms with Crippen molar-refractivity contribution in [1.29, 1.82) is 0 Å². The van der Waals surface area contributed by atoms with Crippen molar-refractivity contribution in [1.82, 2.24) is 14.7 Å². The molecule has 0 radical (unpaired) electrons. The van der Waals surface area contributed by atoms with E-state index < -0.39 is 0 Å². The molecule has 0 amide bonds. The number of nitrogens with one attached hydrogen (secondary N) is 1. The second-order valence-corrected chi connectivity index (χ2v) is 7.15. The molecule has 1 aliphatic heterocycles. The number of nitrogens with zero attached hydrogens (tertiary/aromatic N) is 3. The topological polar surface area (TPSA) is 50.2 Å². The van der Waals surface area contributed by atoms with Crippen LogP contribution in [0.25, 0.3) is 0 Å². The normalized spacial score (nSPS) is 16.1. The maximum Gasteiger partial charge on any atom is 0.287 e. The maximum atomic E-state index is 12.4. The van der Waals surface area contributed by atoms with E-state index in [0.717, 1.165) is 37.7 Å². The highest BCUT2D eigenvalue weighted by atomic mass is 35.5. The highest BCUT2D eigenvalue weighted by molar-refractivity contribution is 6.32. The monoisotopic (exact) mass is 360 g/mol. The van der Waals surface area contributed by atoms with Gasteiger partial charge in [-0.1, -0.05) is 48.9 Å². The third-order valence-corrected chi connectivity index (χ3v) is 5.15. The van der Waals surface area contributed by atoms with E-state index >= 15 is 0 Å². The molecule has 0 saturated carbocycles. The highest BCUT2D eigenvalue weighted by Crippen LogP contribution is 2.17. The molecule has 2 heterocycles. The second-order valence-electron chi connectivity index (χ2n) is 6.77. The number of halogens is 1. The van der Waals surface area contributed by atoms with Crippen molar-refractivity contribution in [2.45, 2.75) is 26.3 Å². The minimum absolute atomic E-state index is 0.207. The van der Waals surface area contributed by atoms with E-state index in [1.165, 1.54) is 17.5 Å². The van der Waals surface area contributed by atoms with E-state index in [4.69, 9.17) is 11.6 Å². The first-order valence-corrected chi connectivity index (χ1v) is 9.27. The van der Waals surface area contributed by atoms with Crippen molar-refractivity contribution in [3.8, 4) is 0 Å². The lowest BCUT2D eigenvalue weighted by Crippen LogP contribution is -2.36. The summed E-state index contributed by atoms with van der Waals surface area (Å²) in [6, 6.07) is 9.77. The maximum absolute atomic E-state index is 12.4. The van der Waals surface area contributed by atoms with E-state index in [2.05, 4.69) is 22.2 Å². The lowest BCUT2D eigenvalue weighted by molar-refractivity contribution is 0.199. The largest absolute Gasteiger partial charge is 0.381 e. The quantitative estimate of drug-likeness (QED) is 0.860. The number of hydrogen-bond acceptors (Lipinski definition) is 4. The van der Waals surface area contributed by atoms with Crippen LogP contribution in [0.3, 0.4) is 0 Å². The molecule has 1 aromatic carbocycles. The minimum atomic E-state index is -0.262. The van der Waals surface area contributed by atoms with Gasteiger partial charge in [-0.15, -0.1) is 0 Å². The number of anilines is 1. The Kier molecular flexibility index (Phi) is 6.10. The molecule has 0 atom stereocenters. The second kappa shape index (κ2) is 8.50. The predicted molar refractivity (Wildman–Crippen MR) is 102 cm³/mol. The van der Waals surface area contributed by atoms with E-state index in [1.807, 2.05) is 30.3 Å². The summed E-state index contributed by atoms with van der Waals surface area (Å²) in [6.45, 7) is 6.74. The van der Waals surface area contributed by atoms with E-state index in [0.29, 0.717) is 12.2 Å². The van der Waals surface area contributed by atoms with Gasteiger partial charge in [0.15, 0.2) is 0 Å². The molecule has 1 aliphatic rings. The fraction of sp³-hybridized carbons (Fsp3) is 0.474. The predicted octanol–water partition coefficient (Wildman–Crippen LogP) is 3.09. The Morgan fingerprint density at radius 1 is 1.24 bits per heavy atom. The summed E-state index contributed by atoms with van der Waals surface area (Å²) >= 11 is 6.26. The van der Waals surface area contributed by atoms with Gasteiger partial charge >= 0.3 is 0 Å². The summed E-state index contributed by atoms with van der Waals surface area (Å²) in [5.41, 5.74) is 1.37. The molecule has 2 aromatic rings. The van der Waals surface area contributed by atoms with Crippen LogP contribution in [0.1, 0.15) is 25.3 Å². The summed E-state index contributed by atoms with van der Waals surface area (Å²) in [6.07, 6.45) is 4.17. The van der Waals surface area contributed by atoms with Gasteiger partial charge in [-0.25, -0.2) is 4.68 Å². The van der Waals surface area contributed by atoms with Crippen LogP contribution < -0.4 is 10.9 Å². The van der Waals surface area contributed by atoms with Crippen molar-refractivity contribution in [3.05, 3.63) is 57.5 Å². The summed E-state index contributed by atoms with van der Waals surface area (Å²) < 4.78 is 1.40. The van der Waals surface area contributed by atoms with Crippen LogP contribution in [0, 0.1) is 5.92 Å². The van der Waals surface area contributed by atoms with Gasteiger partial charge in [0.25, 0.3) is 5.56 Å². The third-order valence-electron chi connectivity index (χ3n) is 4.78. The molecule has 1 saturated heterocycles. The van der Waals surface area contributed by atoms with Crippen molar-refractivity contribution >= 4 is 17.3 Å². The van der Waals surface area contributed by atoms with Crippen LogP contribution in [0.2, 0.25) is 5.02 Å². The summed E-state index contributed by atoms with van der Waals surface area (Å²) in [7, 11) is 0. The fourth-order valence-electron chi connectivity index (χ4n) is 3.09. The summed E-state index contributed by atoms with van der Waals surface area (Å²) in [4.78, 5) is 14.9. The zero-order valence-corrected chi connectivity index (χ0v) is 15.4. The molecule has 1 fully saturated rings. The Morgan fingerprint density at radius 3 is 2.68 bits per heavy atom. The number of aromatic nitrogens is 2. The van der Waals surface area contributed by atoms with Crippen LogP contribution in [-0.2, 0) is 6.54 Å². The number of piperidine rings is 1. The molecular formula is C19H25ClN4O. The molecule has 0 bridgehead atoms. The van der Waals surface area contributed by atoms with Gasteiger partial charge in [-0.3, -0.25) is 4.79 Å². The number of hydrogen-bond donors (Lipinski definition) is 1. The molecule has 1 aromatic heterocycles. The minimum Gasteiger partial charge on any atom is -0.381 e. The summed E-state index contributed by atoms with van der Waals surface area (Å²) in [5.74, 6) is 0.833. The zero-order chi connectivity index (χ0) is 17.6. The molecule has 0 unspecified atom stereocenters. The van der Waals surface area contributed by atoms with Crippen molar-refractivity contribution in [2.75, 3.05) is 31.5 Å². The van der Waals surface area contributed by atoms with E-state index in [9.17, 15) is 4.79 Å². The Morgan fingerprint density at radius 2 is 1.96 bits per heavy atom. The molecule has 134 valence electrons. The lowest BCUT2D eigenvalue weighted by atomic mass is 9.99. The van der Waals surface area contributed by atoms with E-state index in [-0.39, 0.29) is 10.6 Å². The number of rotatable bonds is 6. The first kappa shape index (κ1) is 18.0. The molecule has 25 heavy (non-hydrogen) atoms. The van der Waals surface area contributed by atoms with Gasteiger partial charge in [0.1, 0.15) is 5.02 Å². The third kappa shape index (κ3) is 4.83.